The van der Waals surface area contributed by atoms with Crippen LogP contribution in [0.3, 0.4) is 0 Å². The van der Waals surface area contributed by atoms with Crippen LogP contribution in [0.25, 0.3) is 0 Å². The van der Waals surface area contributed by atoms with E-state index in [1.807, 2.05) is 0 Å². The molecule has 0 saturated carbocycles. The lowest BCUT2D eigenvalue weighted by molar-refractivity contribution is -0.139. The summed E-state index contributed by atoms with van der Waals surface area (Å²) in [5, 5.41) is 14.1. The number of carbonyl (C=O) groups excluding carboxylic acids is 1. The van der Waals surface area contributed by atoms with Crippen molar-refractivity contribution < 1.29 is 19.4 Å². The Morgan fingerprint density at radius 2 is 2.20 bits per heavy atom. The minimum Gasteiger partial charge on any atom is -0.481 e. The van der Waals surface area contributed by atoms with E-state index in [9.17, 15) is 9.59 Å². The first-order chi connectivity index (χ1) is 9.51. The molecule has 2 atom stereocenters. The molecule has 0 bridgehead atoms. The molecule has 1 fully saturated rings. The van der Waals surface area contributed by atoms with Gasteiger partial charge in [0, 0.05) is 26.7 Å². The minimum absolute atomic E-state index is 0.121. The van der Waals surface area contributed by atoms with Gasteiger partial charge in [0.05, 0.1) is 12.5 Å². The highest BCUT2D eigenvalue weighted by atomic mass is 16.5. The largest absolute Gasteiger partial charge is 0.481 e. The highest BCUT2D eigenvalue weighted by Crippen LogP contribution is 2.13. The van der Waals surface area contributed by atoms with Gasteiger partial charge >= 0.3 is 12.0 Å². The number of aliphatic carboxylic acids is 1. The fourth-order valence-electron chi connectivity index (χ4n) is 2.38. The number of piperidine rings is 1. The molecule has 0 aromatic rings. The lowest BCUT2D eigenvalue weighted by Gasteiger charge is -2.29. The molecule has 0 radical (unpaired) electrons. The van der Waals surface area contributed by atoms with Crippen LogP contribution in [0.5, 0.6) is 0 Å². The van der Waals surface area contributed by atoms with Gasteiger partial charge in [0.15, 0.2) is 0 Å². The zero-order chi connectivity index (χ0) is 15.0. The Hall–Kier alpha value is -1.34. The smallest absolute Gasteiger partial charge is 0.314 e. The normalized spacial score (nSPS) is 21.2. The standard InChI is InChI=1S/C13H25N3O4/c1-16-5-3-4-10(9-16)7-14-13(19)15-8-11(20-2)6-12(17)18/h10-11H,3-9H2,1-2H3,(H,17,18)(H2,14,15,19). The molecular formula is C13H25N3O4. The zero-order valence-corrected chi connectivity index (χ0v) is 12.2. The molecule has 2 amide bonds. The summed E-state index contributed by atoms with van der Waals surface area (Å²) < 4.78 is 4.99. The van der Waals surface area contributed by atoms with Crippen LogP contribution in [0, 0.1) is 5.92 Å². The molecule has 0 aliphatic carbocycles. The quantitative estimate of drug-likeness (QED) is 0.618. The van der Waals surface area contributed by atoms with E-state index in [4.69, 9.17) is 9.84 Å². The van der Waals surface area contributed by atoms with Gasteiger partial charge < -0.3 is 25.4 Å². The average Bonchev–Trinajstić information content (AvgIpc) is 2.40. The molecule has 7 heteroatoms. The monoisotopic (exact) mass is 287 g/mol. The van der Waals surface area contributed by atoms with E-state index in [-0.39, 0.29) is 19.0 Å². The second-order valence-corrected chi connectivity index (χ2v) is 5.32. The first-order valence-electron chi connectivity index (χ1n) is 6.96. The highest BCUT2D eigenvalue weighted by Gasteiger charge is 2.18. The Labute approximate surface area is 119 Å². The lowest BCUT2D eigenvalue weighted by atomic mass is 9.99. The molecule has 1 aliphatic rings. The number of amides is 2. The molecular weight excluding hydrogens is 262 g/mol. The van der Waals surface area contributed by atoms with Gasteiger partial charge in [0.2, 0.25) is 0 Å². The van der Waals surface area contributed by atoms with E-state index in [2.05, 4.69) is 22.6 Å². The zero-order valence-electron chi connectivity index (χ0n) is 12.2. The maximum absolute atomic E-state index is 11.6. The van der Waals surface area contributed by atoms with Crippen molar-refractivity contribution in [3.63, 3.8) is 0 Å². The number of hydrogen-bond donors (Lipinski definition) is 3. The number of carboxylic acid groups (broad SMARTS) is 1. The SMILES string of the molecule is COC(CNC(=O)NCC1CCCN(C)C1)CC(=O)O. The molecule has 1 aliphatic heterocycles. The Bertz CT molecular complexity index is 325. The van der Waals surface area contributed by atoms with E-state index in [0.717, 1.165) is 25.9 Å². The lowest BCUT2D eigenvalue weighted by Crippen LogP contribution is -2.44. The summed E-state index contributed by atoms with van der Waals surface area (Å²) in [6.45, 7) is 2.96. The van der Waals surface area contributed by atoms with E-state index < -0.39 is 12.1 Å². The number of hydrogen-bond acceptors (Lipinski definition) is 4. The van der Waals surface area contributed by atoms with Crippen molar-refractivity contribution in [2.75, 3.05) is 40.3 Å². The Kier molecular flexibility index (Phi) is 7.32. The van der Waals surface area contributed by atoms with Crippen LogP contribution in [0.4, 0.5) is 4.79 Å². The van der Waals surface area contributed by atoms with Crippen LogP contribution in [0.2, 0.25) is 0 Å². The first kappa shape index (κ1) is 16.7. The second kappa shape index (κ2) is 8.76. The molecule has 1 rings (SSSR count). The average molecular weight is 287 g/mol. The van der Waals surface area contributed by atoms with Gasteiger partial charge in [0.25, 0.3) is 0 Å². The number of urea groups is 1. The Balaban J connectivity index is 2.17. The molecule has 0 spiro atoms. The summed E-state index contributed by atoms with van der Waals surface area (Å²) in [6, 6.07) is -0.273. The van der Waals surface area contributed by atoms with E-state index >= 15 is 0 Å². The Morgan fingerprint density at radius 1 is 1.45 bits per heavy atom. The van der Waals surface area contributed by atoms with Crippen LogP contribution >= 0.6 is 0 Å². The molecule has 1 heterocycles. The summed E-state index contributed by atoms with van der Waals surface area (Å²) in [5.41, 5.74) is 0. The van der Waals surface area contributed by atoms with Crippen molar-refractivity contribution in [2.45, 2.75) is 25.4 Å². The molecule has 7 nitrogen and oxygen atoms in total. The third-order valence-electron chi connectivity index (χ3n) is 3.50. The predicted molar refractivity (Wildman–Crippen MR) is 74.7 cm³/mol. The van der Waals surface area contributed by atoms with Crippen LogP contribution in [-0.2, 0) is 9.53 Å². The number of ether oxygens (including phenoxy) is 1. The summed E-state index contributed by atoms with van der Waals surface area (Å²) >= 11 is 0. The molecule has 2 unspecified atom stereocenters. The summed E-state index contributed by atoms with van der Waals surface area (Å²) in [4.78, 5) is 24.5. The highest BCUT2D eigenvalue weighted by molar-refractivity contribution is 5.74. The van der Waals surface area contributed by atoms with Gasteiger partial charge in [-0.3, -0.25) is 4.79 Å². The molecule has 1 saturated heterocycles. The predicted octanol–water partition coefficient (Wildman–Crippen LogP) is 0.117. The number of nitrogens with one attached hydrogen (secondary N) is 2. The minimum atomic E-state index is -0.940. The fourth-order valence-corrected chi connectivity index (χ4v) is 2.38. The van der Waals surface area contributed by atoms with Gasteiger partial charge in [-0.15, -0.1) is 0 Å². The summed E-state index contributed by atoms with van der Waals surface area (Å²) in [6.07, 6.45) is 1.67. The van der Waals surface area contributed by atoms with Crippen molar-refractivity contribution in [1.82, 2.24) is 15.5 Å². The number of nitrogens with zero attached hydrogens (tertiary/aromatic N) is 1. The maximum atomic E-state index is 11.6. The number of likely N-dealkylation sites (tertiary alicyclic amines) is 1. The third kappa shape index (κ3) is 6.72. The first-order valence-corrected chi connectivity index (χ1v) is 6.96. The second-order valence-electron chi connectivity index (χ2n) is 5.32. The van der Waals surface area contributed by atoms with Crippen LogP contribution in [0.1, 0.15) is 19.3 Å². The molecule has 0 aromatic heterocycles. The molecule has 20 heavy (non-hydrogen) atoms. The molecule has 3 N–H and O–H groups in total. The summed E-state index contributed by atoms with van der Waals surface area (Å²) in [5.74, 6) is -0.457. The molecule has 0 aromatic carbocycles. The fraction of sp³-hybridized carbons (Fsp3) is 0.846. The van der Waals surface area contributed by atoms with Gasteiger partial charge in [-0.05, 0) is 32.4 Å². The Morgan fingerprint density at radius 3 is 2.80 bits per heavy atom. The number of carboxylic acids is 1. The third-order valence-corrected chi connectivity index (χ3v) is 3.50. The van der Waals surface area contributed by atoms with Crippen LogP contribution in [0.15, 0.2) is 0 Å². The van der Waals surface area contributed by atoms with Crippen molar-refractivity contribution in [3.8, 4) is 0 Å². The van der Waals surface area contributed by atoms with Crippen LogP contribution < -0.4 is 10.6 Å². The topological polar surface area (TPSA) is 90.9 Å². The van der Waals surface area contributed by atoms with Gasteiger partial charge in [-0.2, -0.15) is 0 Å². The molecule has 116 valence electrons. The van der Waals surface area contributed by atoms with Crippen molar-refractivity contribution in [3.05, 3.63) is 0 Å². The summed E-state index contributed by atoms with van der Waals surface area (Å²) in [7, 11) is 3.52. The number of carbonyl (C=O) groups is 2. The van der Waals surface area contributed by atoms with Crippen molar-refractivity contribution in [1.29, 1.82) is 0 Å². The van der Waals surface area contributed by atoms with Crippen molar-refractivity contribution >= 4 is 12.0 Å². The van der Waals surface area contributed by atoms with Crippen molar-refractivity contribution in [2.24, 2.45) is 5.92 Å². The van der Waals surface area contributed by atoms with Gasteiger partial charge in [-0.25, -0.2) is 4.79 Å². The van der Waals surface area contributed by atoms with Gasteiger partial charge in [0.1, 0.15) is 0 Å². The van der Waals surface area contributed by atoms with E-state index in [0.29, 0.717) is 12.5 Å². The van der Waals surface area contributed by atoms with E-state index in [1.54, 1.807) is 0 Å². The maximum Gasteiger partial charge on any atom is 0.314 e. The van der Waals surface area contributed by atoms with Crippen LogP contribution in [-0.4, -0.2) is 68.4 Å². The van der Waals surface area contributed by atoms with Gasteiger partial charge in [-0.1, -0.05) is 0 Å². The number of methoxy groups -OCH3 is 1. The number of rotatable bonds is 7. The van der Waals surface area contributed by atoms with E-state index in [1.165, 1.54) is 7.11 Å².